The van der Waals surface area contributed by atoms with E-state index in [9.17, 15) is 22.4 Å². The molecule has 1 aliphatic carbocycles. The molecule has 16 heavy (non-hydrogen) atoms. The molecule has 2 rings (SSSR count). The van der Waals surface area contributed by atoms with Gasteiger partial charge in [0.2, 0.25) is 0 Å². The van der Waals surface area contributed by atoms with Crippen molar-refractivity contribution in [2.75, 3.05) is 0 Å². The van der Waals surface area contributed by atoms with Gasteiger partial charge in [0, 0.05) is 5.92 Å². The van der Waals surface area contributed by atoms with Crippen LogP contribution < -0.4 is 0 Å². The van der Waals surface area contributed by atoms with E-state index < -0.39 is 17.6 Å². The van der Waals surface area contributed by atoms with E-state index in [1.54, 1.807) is 0 Å². The summed E-state index contributed by atoms with van der Waals surface area (Å²) in [6.45, 7) is 0. The smallest absolute Gasteiger partial charge is 0.303 e. The number of carbonyl (C=O) groups is 1. The van der Waals surface area contributed by atoms with Gasteiger partial charge in [-0.1, -0.05) is 6.07 Å². The summed E-state index contributed by atoms with van der Waals surface area (Å²) in [6.07, 6.45) is -3.42. The lowest BCUT2D eigenvalue weighted by molar-refractivity contribution is -0.140. The molecule has 5 heteroatoms. The Kier molecular flexibility index (Phi) is 2.48. The highest BCUT2D eigenvalue weighted by Gasteiger charge is 2.40. The lowest BCUT2D eigenvalue weighted by Crippen LogP contribution is -2.08. The standard InChI is InChI=1S/C11H8F4O/c12-10-2-1-6(8-3-7(8)5-16)4-9(10)11(13,14)15/h1-2,4-5,7-8H,3H2. The SMILES string of the molecule is O=CC1CC1c1ccc(F)c(C(F)(F)F)c1. The Hall–Kier alpha value is -1.39. The normalized spacial score (nSPS) is 24.2. The minimum atomic E-state index is -4.69. The highest BCUT2D eigenvalue weighted by atomic mass is 19.4. The molecule has 2 unspecified atom stereocenters. The average molecular weight is 232 g/mol. The van der Waals surface area contributed by atoms with Crippen LogP contribution in [0.25, 0.3) is 0 Å². The number of aldehydes is 1. The van der Waals surface area contributed by atoms with Crippen molar-refractivity contribution in [1.82, 2.24) is 0 Å². The first-order valence-corrected chi connectivity index (χ1v) is 4.75. The largest absolute Gasteiger partial charge is 0.419 e. The molecule has 0 saturated heterocycles. The zero-order valence-electron chi connectivity index (χ0n) is 8.09. The van der Waals surface area contributed by atoms with Gasteiger partial charge in [-0.3, -0.25) is 0 Å². The number of benzene rings is 1. The molecule has 0 aromatic heterocycles. The van der Waals surface area contributed by atoms with Gasteiger partial charge < -0.3 is 4.79 Å². The van der Waals surface area contributed by atoms with Gasteiger partial charge in [-0.05, 0) is 30.0 Å². The third kappa shape index (κ3) is 1.94. The maximum Gasteiger partial charge on any atom is 0.419 e. The molecule has 1 aromatic carbocycles. The van der Waals surface area contributed by atoms with Crippen LogP contribution in [0, 0.1) is 11.7 Å². The van der Waals surface area contributed by atoms with Crippen molar-refractivity contribution in [2.45, 2.75) is 18.5 Å². The van der Waals surface area contributed by atoms with Crippen LogP contribution in [0.3, 0.4) is 0 Å². The second-order valence-electron chi connectivity index (χ2n) is 3.88. The summed E-state index contributed by atoms with van der Waals surface area (Å²) >= 11 is 0. The number of hydrogen-bond donors (Lipinski definition) is 0. The molecule has 0 radical (unpaired) electrons. The predicted octanol–water partition coefficient (Wildman–Crippen LogP) is 3.15. The Bertz CT molecular complexity index is 424. The number of hydrogen-bond acceptors (Lipinski definition) is 1. The number of carbonyl (C=O) groups excluding carboxylic acids is 1. The maximum absolute atomic E-state index is 12.9. The summed E-state index contributed by atoms with van der Waals surface area (Å²) in [4.78, 5) is 10.4. The zero-order valence-corrected chi connectivity index (χ0v) is 8.09. The lowest BCUT2D eigenvalue weighted by atomic mass is 10.1. The average Bonchev–Trinajstić information content (AvgIpc) is 2.96. The molecule has 0 amide bonds. The molecule has 0 N–H and O–H groups in total. The van der Waals surface area contributed by atoms with Gasteiger partial charge in [-0.25, -0.2) is 4.39 Å². The molecule has 1 nitrogen and oxygen atoms in total. The molecule has 1 saturated carbocycles. The summed E-state index contributed by atoms with van der Waals surface area (Å²) in [5.41, 5.74) is -0.882. The van der Waals surface area contributed by atoms with E-state index in [1.165, 1.54) is 6.07 Å². The van der Waals surface area contributed by atoms with Crippen LogP contribution in [0.1, 0.15) is 23.5 Å². The van der Waals surface area contributed by atoms with Crippen LogP contribution >= 0.6 is 0 Å². The van der Waals surface area contributed by atoms with Gasteiger partial charge in [0.05, 0.1) is 5.56 Å². The molecule has 1 fully saturated rings. The van der Waals surface area contributed by atoms with Gasteiger partial charge in [-0.2, -0.15) is 13.2 Å². The quantitative estimate of drug-likeness (QED) is 0.565. The van der Waals surface area contributed by atoms with Crippen molar-refractivity contribution < 1.29 is 22.4 Å². The first kappa shape index (κ1) is 11.1. The Morgan fingerprint density at radius 1 is 1.31 bits per heavy atom. The Morgan fingerprint density at radius 2 is 2.00 bits per heavy atom. The van der Waals surface area contributed by atoms with Crippen LogP contribution in [0.15, 0.2) is 18.2 Å². The molecule has 0 spiro atoms. The molecule has 0 aliphatic heterocycles. The highest BCUT2D eigenvalue weighted by Crippen LogP contribution is 2.47. The van der Waals surface area contributed by atoms with Gasteiger partial charge in [-0.15, -0.1) is 0 Å². The zero-order chi connectivity index (χ0) is 11.9. The predicted molar refractivity (Wildman–Crippen MR) is 48.3 cm³/mol. The van der Waals surface area contributed by atoms with Crippen LogP contribution in [0.5, 0.6) is 0 Å². The number of alkyl halides is 3. The van der Waals surface area contributed by atoms with Crippen LogP contribution in [0.4, 0.5) is 17.6 Å². The molecular formula is C11H8F4O. The van der Waals surface area contributed by atoms with Crippen molar-refractivity contribution in [3.63, 3.8) is 0 Å². The van der Waals surface area contributed by atoms with E-state index in [4.69, 9.17) is 0 Å². The second kappa shape index (κ2) is 3.57. The van der Waals surface area contributed by atoms with Gasteiger partial charge in [0.1, 0.15) is 12.1 Å². The van der Waals surface area contributed by atoms with E-state index in [0.717, 1.165) is 18.4 Å². The summed E-state index contributed by atoms with van der Waals surface area (Å²) in [5.74, 6) is -1.68. The second-order valence-corrected chi connectivity index (χ2v) is 3.88. The van der Waals surface area contributed by atoms with E-state index in [0.29, 0.717) is 12.0 Å². The first-order chi connectivity index (χ1) is 7.43. The Labute approximate surface area is 89.1 Å². The van der Waals surface area contributed by atoms with Gasteiger partial charge >= 0.3 is 6.18 Å². The fourth-order valence-corrected chi connectivity index (χ4v) is 1.74. The van der Waals surface area contributed by atoms with Crippen molar-refractivity contribution in [3.8, 4) is 0 Å². The fraction of sp³-hybridized carbons (Fsp3) is 0.364. The highest BCUT2D eigenvalue weighted by molar-refractivity contribution is 5.61. The van der Waals surface area contributed by atoms with Crippen LogP contribution in [0.2, 0.25) is 0 Å². The molecule has 2 atom stereocenters. The summed E-state index contributed by atoms with van der Waals surface area (Å²) in [6, 6.07) is 2.90. The van der Waals surface area contributed by atoms with Crippen molar-refractivity contribution in [3.05, 3.63) is 35.1 Å². The van der Waals surface area contributed by atoms with Gasteiger partial charge in [0.25, 0.3) is 0 Å². The molecule has 1 aliphatic rings. The van der Waals surface area contributed by atoms with E-state index >= 15 is 0 Å². The summed E-state index contributed by atoms with van der Waals surface area (Å²) in [7, 11) is 0. The molecule has 0 heterocycles. The van der Waals surface area contributed by atoms with Crippen LogP contribution in [-0.2, 0) is 11.0 Å². The van der Waals surface area contributed by atoms with E-state index in [-0.39, 0.29) is 11.8 Å². The van der Waals surface area contributed by atoms with E-state index in [2.05, 4.69) is 0 Å². The summed E-state index contributed by atoms with van der Waals surface area (Å²) < 4.78 is 50.1. The van der Waals surface area contributed by atoms with E-state index in [1.807, 2.05) is 0 Å². The molecule has 1 aromatic rings. The van der Waals surface area contributed by atoms with Crippen LogP contribution in [-0.4, -0.2) is 6.29 Å². The number of rotatable bonds is 2. The fourth-order valence-electron chi connectivity index (χ4n) is 1.74. The minimum Gasteiger partial charge on any atom is -0.303 e. The summed E-state index contributed by atoms with van der Waals surface area (Å²) in [5, 5.41) is 0. The first-order valence-electron chi connectivity index (χ1n) is 4.75. The molecule has 0 bridgehead atoms. The minimum absolute atomic E-state index is 0.181. The molecular weight excluding hydrogens is 224 g/mol. The Morgan fingerprint density at radius 3 is 2.50 bits per heavy atom. The van der Waals surface area contributed by atoms with Gasteiger partial charge in [0.15, 0.2) is 0 Å². The monoisotopic (exact) mass is 232 g/mol. The number of halogens is 4. The Balaban J connectivity index is 2.33. The van der Waals surface area contributed by atoms with Crippen molar-refractivity contribution >= 4 is 6.29 Å². The molecule has 86 valence electrons. The third-order valence-electron chi connectivity index (χ3n) is 2.74. The van der Waals surface area contributed by atoms with Crippen molar-refractivity contribution in [1.29, 1.82) is 0 Å². The topological polar surface area (TPSA) is 17.1 Å². The lowest BCUT2D eigenvalue weighted by Gasteiger charge is -2.09. The third-order valence-corrected chi connectivity index (χ3v) is 2.74. The maximum atomic E-state index is 12.9. The van der Waals surface area contributed by atoms with Crippen molar-refractivity contribution in [2.24, 2.45) is 5.92 Å².